The Morgan fingerprint density at radius 2 is 1.95 bits per heavy atom. The quantitative estimate of drug-likeness (QED) is 0.814. The number of hydrogen-bond acceptors (Lipinski definition) is 1. The number of benzene rings is 2. The van der Waals surface area contributed by atoms with Crippen LogP contribution in [0.2, 0.25) is 5.02 Å². The zero-order valence-electron chi connectivity index (χ0n) is 12.7. The second kappa shape index (κ2) is 6.53. The van der Waals surface area contributed by atoms with Crippen molar-refractivity contribution < 1.29 is 4.79 Å². The highest BCUT2D eigenvalue weighted by Gasteiger charge is 2.34. The predicted molar refractivity (Wildman–Crippen MR) is 89.8 cm³/mol. The first kappa shape index (κ1) is 15.1. The van der Waals surface area contributed by atoms with Crippen LogP contribution in [0.25, 0.3) is 0 Å². The molecule has 0 aliphatic carbocycles. The van der Waals surface area contributed by atoms with E-state index in [-0.39, 0.29) is 17.9 Å². The van der Waals surface area contributed by atoms with Crippen LogP contribution < -0.4 is 0 Å². The zero-order valence-corrected chi connectivity index (χ0v) is 13.5. The van der Waals surface area contributed by atoms with Crippen LogP contribution in [-0.2, 0) is 11.2 Å². The van der Waals surface area contributed by atoms with Gasteiger partial charge in [-0.15, -0.1) is 0 Å². The summed E-state index contributed by atoms with van der Waals surface area (Å²) in [6.07, 6.45) is 1.69. The summed E-state index contributed by atoms with van der Waals surface area (Å²) >= 11 is 6.03. The Hall–Kier alpha value is -1.80. The van der Waals surface area contributed by atoms with Gasteiger partial charge in [0, 0.05) is 17.5 Å². The van der Waals surface area contributed by atoms with E-state index in [2.05, 4.69) is 19.1 Å². The van der Waals surface area contributed by atoms with E-state index in [0.717, 1.165) is 30.0 Å². The van der Waals surface area contributed by atoms with Crippen LogP contribution in [0.5, 0.6) is 0 Å². The zero-order chi connectivity index (χ0) is 15.5. The molecule has 0 aromatic heterocycles. The molecule has 1 aliphatic heterocycles. The third kappa shape index (κ3) is 3.17. The van der Waals surface area contributed by atoms with E-state index < -0.39 is 0 Å². The first-order valence-electron chi connectivity index (χ1n) is 7.75. The Labute approximate surface area is 136 Å². The standard InChI is InChI=1S/C19H20ClNO/c1-14(16-7-3-2-4-8-16)21-11-10-17(19(21)22)12-15-6-5-9-18(20)13-15/h2-9,13-14,17H,10-12H2,1H3/t14-,17-/m0/s1. The van der Waals surface area contributed by atoms with E-state index in [1.54, 1.807) is 0 Å². The van der Waals surface area contributed by atoms with Crippen LogP contribution in [0.15, 0.2) is 54.6 Å². The van der Waals surface area contributed by atoms with Gasteiger partial charge in [-0.05, 0) is 43.0 Å². The number of amides is 1. The lowest BCUT2D eigenvalue weighted by atomic mass is 9.98. The molecule has 2 atom stereocenters. The van der Waals surface area contributed by atoms with Crippen LogP contribution in [0.1, 0.15) is 30.5 Å². The molecule has 1 heterocycles. The van der Waals surface area contributed by atoms with Crippen LogP contribution in [0.4, 0.5) is 0 Å². The van der Waals surface area contributed by atoms with Crippen molar-refractivity contribution in [3.8, 4) is 0 Å². The fourth-order valence-corrected chi connectivity index (χ4v) is 3.41. The minimum atomic E-state index is 0.0737. The van der Waals surface area contributed by atoms with Gasteiger partial charge in [-0.25, -0.2) is 0 Å². The van der Waals surface area contributed by atoms with Gasteiger partial charge in [-0.3, -0.25) is 4.79 Å². The fourth-order valence-electron chi connectivity index (χ4n) is 3.20. The van der Waals surface area contributed by atoms with Gasteiger partial charge < -0.3 is 4.90 Å². The van der Waals surface area contributed by atoms with Crippen LogP contribution >= 0.6 is 11.6 Å². The van der Waals surface area contributed by atoms with E-state index in [0.29, 0.717) is 0 Å². The number of nitrogens with zero attached hydrogens (tertiary/aromatic N) is 1. The molecular weight excluding hydrogens is 294 g/mol. The summed E-state index contributed by atoms with van der Waals surface area (Å²) in [5.41, 5.74) is 2.33. The van der Waals surface area contributed by atoms with Crippen LogP contribution in [-0.4, -0.2) is 17.4 Å². The van der Waals surface area contributed by atoms with Gasteiger partial charge in [0.05, 0.1) is 6.04 Å². The van der Waals surface area contributed by atoms with E-state index in [1.807, 2.05) is 47.4 Å². The average molecular weight is 314 g/mol. The Bertz CT molecular complexity index is 655. The summed E-state index contributed by atoms with van der Waals surface area (Å²) in [7, 11) is 0. The van der Waals surface area contributed by atoms with Crippen molar-refractivity contribution in [2.75, 3.05) is 6.54 Å². The molecule has 2 nitrogen and oxygen atoms in total. The number of likely N-dealkylation sites (tertiary alicyclic amines) is 1. The fraction of sp³-hybridized carbons (Fsp3) is 0.316. The van der Waals surface area contributed by atoms with Crippen molar-refractivity contribution >= 4 is 17.5 Å². The maximum absolute atomic E-state index is 12.7. The second-order valence-electron chi connectivity index (χ2n) is 5.94. The maximum Gasteiger partial charge on any atom is 0.226 e. The SMILES string of the molecule is C[C@@H](c1ccccc1)N1CC[C@@H](Cc2cccc(Cl)c2)C1=O. The lowest BCUT2D eigenvalue weighted by Gasteiger charge is -2.25. The molecule has 0 saturated carbocycles. The highest BCUT2D eigenvalue weighted by molar-refractivity contribution is 6.30. The van der Waals surface area contributed by atoms with E-state index in [9.17, 15) is 4.79 Å². The summed E-state index contributed by atoms with van der Waals surface area (Å²) in [6.45, 7) is 2.94. The molecule has 22 heavy (non-hydrogen) atoms. The number of rotatable bonds is 4. The van der Waals surface area contributed by atoms with Crippen molar-refractivity contribution in [2.45, 2.75) is 25.8 Å². The van der Waals surface area contributed by atoms with Crippen molar-refractivity contribution in [2.24, 2.45) is 5.92 Å². The molecule has 1 fully saturated rings. The minimum absolute atomic E-state index is 0.0737. The molecule has 0 unspecified atom stereocenters. The first-order chi connectivity index (χ1) is 10.6. The molecule has 114 valence electrons. The topological polar surface area (TPSA) is 20.3 Å². The van der Waals surface area contributed by atoms with Gasteiger partial charge in [-0.1, -0.05) is 54.1 Å². The monoisotopic (exact) mass is 313 g/mol. The molecule has 3 rings (SSSR count). The van der Waals surface area contributed by atoms with E-state index >= 15 is 0 Å². The summed E-state index contributed by atoms with van der Waals surface area (Å²) < 4.78 is 0. The molecule has 2 aromatic carbocycles. The summed E-state index contributed by atoms with van der Waals surface area (Å²) in [6, 6.07) is 18.2. The summed E-state index contributed by atoms with van der Waals surface area (Å²) in [5.74, 6) is 0.334. The Kier molecular flexibility index (Phi) is 4.49. The molecule has 2 aromatic rings. The van der Waals surface area contributed by atoms with Gasteiger partial charge in [0.15, 0.2) is 0 Å². The highest BCUT2D eigenvalue weighted by Crippen LogP contribution is 2.30. The molecule has 3 heteroatoms. The van der Waals surface area contributed by atoms with Gasteiger partial charge in [-0.2, -0.15) is 0 Å². The maximum atomic E-state index is 12.7. The smallest absolute Gasteiger partial charge is 0.226 e. The normalized spacial score (nSPS) is 19.5. The molecular formula is C19H20ClNO. The number of carbonyl (C=O) groups is 1. The first-order valence-corrected chi connectivity index (χ1v) is 8.13. The van der Waals surface area contributed by atoms with Gasteiger partial charge >= 0.3 is 0 Å². The van der Waals surface area contributed by atoms with Crippen molar-refractivity contribution in [1.82, 2.24) is 4.90 Å². The lowest BCUT2D eigenvalue weighted by Crippen LogP contribution is -2.30. The average Bonchev–Trinajstić information content (AvgIpc) is 2.89. The molecule has 0 bridgehead atoms. The van der Waals surface area contributed by atoms with E-state index in [4.69, 9.17) is 11.6 Å². The molecule has 0 N–H and O–H groups in total. The second-order valence-corrected chi connectivity index (χ2v) is 6.37. The highest BCUT2D eigenvalue weighted by atomic mass is 35.5. The Balaban J connectivity index is 1.70. The predicted octanol–water partition coefficient (Wildman–Crippen LogP) is 4.49. The van der Waals surface area contributed by atoms with Crippen LogP contribution in [0, 0.1) is 5.92 Å². The number of carbonyl (C=O) groups excluding carboxylic acids is 1. The molecule has 1 aliphatic rings. The van der Waals surface area contributed by atoms with E-state index in [1.165, 1.54) is 5.56 Å². The van der Waals surface area contributed by atoms with Crippen molar-refractivity contribution in [3.05, 3.63) is 70.7 Å². The third-order valence-corrected chi connectivity index (χ3v) is 4.71. The van der Waals surface area contributed by atoms with Gasteiger partial charge in [0.25, 0.3) is 0 Å². The summed E-state index contributed by atoms with van der Waals surface area (Å²) in [5, 5.41) is 0.734. The van der Waals surface area contributed by atoms with Gasteiger partial charge in [0.1, 0.15) is 0 Å². The van der Waals surface area contributed by atoms with Crippen molar-refractivity contribution in [1.29, 1.82) is 0 Å². The minimum Gasteiger partial charge on any atom is -0.336 e. The molecule has 1 amide bonds. The molecule has 1 saturated heterocycles. The Morgan fingerprint density at radius 3 is 2.68 bits per heavy atom. The lowest BCUT2D eigenvalue weighted by molar-refractivity contribution is -0.132. The number of halogens is 1. The summed E-state index contributed by atoms with van der Waals surface area (Å²) in [4.78, 5) is 14.7. The van der Waals surface area contributed by atoms with Crippen molar-refractivity contribution in [3.63, 3.8) is 0 Å². The van der Waals surface area contributed by atoms with Crippen LogP contribution in [0.3, 0.4) is 0 Å². The largest absolute Gasteiger partial charge is 0.336 e. The Morgan fingerprint density at radius 1 is 1.18 bits per heavy atom. The van der Waals surface area contributed by atoms with Gasteiger partial charge in [0.2, 0.25) is 5.91 Å². The number of hydrogen-bond donors (Lipinski definition) is 0. The third-order valence-electron chi connectivity index (χ3n) is 4.47. The molecule has 0 spiro atoms. The molecule has 0 radical (unpaired) electrons.